The zero-order chi connectivity index (χ0) is 11.8. The molecule has 0 rings (SSSR count). The smallest absolute Gasteiger partial charge is 0.146 e. The molecular formula is C11H23N3O. The van der Waals surface area contributed by atoms with Crippen LogP contribution in [0, 0.1) is 0 Å². The average Bonchev–Trinajstić information content (AvgIpc) is 2.08. The van der Waals surface area contributed by atoms with Crippen molar-refractivity contribution in [2.45, 2.75) is 45.7 Å². The molecule has 0 spiro atoms. The lowest BCUT2D eigenvalue weighted by molar-refractivity contribution is -0.119. The van der Waals surface area contributed by atoms with Gasteiger partial charge in [0.05, 0.1) is 11.9 Å². The number of rotatable bonds is 8. The van der Waals surface area contributed by atoms with Crippen molar-refractivity contribution in [2.24, 2.45) is 5.73 Å². The zero-order valence-corrected chi connectivity index (χ0v) is 9.97. The highest BCUT2D eigenvalue weighted by Gasteiger charge is 2.13. The van der Waals surface area contributed by atoms with Gasteiger partial charge in [0.15, 0.2) is 0 Å². The van der Waals surface area contributed by atoms with Crippen LogP contribution in [-0.2, 0) is 4.79 Å². The Morgan fingerprint density at radius 2 is 2.07 bits per heavy atom. The summed E-state index contributed by atoms with van der Waals surface area (Å²) in [6, 6.07) is 0.286. The van der Waals surface area contributed by atoms with Crippen molar-refractivity contribution in [3.8, 4) is 0 Å². The molecular weight excluding hydrogens is 190 g/mol. The fourth-order valence-corrected chi connectivity index (χ4v) is 1.36. The van der Waals surface area contributed by atoms with Crippen LogP contribution in [0.25, 0.3) is 0 Å². The van der Waals surface area contributed by atoms with Crippen molar-refractivity contribution in [1.29, 1.82) is 0 Å². The highest BCUT2D eigenvalue weighted by Crippen LogP contribution is 1.99. The molecule has 88 valence electrons. The summed E-state index contributed by atoms with van der Waals surface area (Å²) in [6.45, 7) is 10.00. The molecule has 0 heterocycles. The molecule has 0 aromatic carbocycles. The topological polar surface area (TPSA) is 67.2 Å². The molecule has 4 N–H and O–H groups in total. The second-order valence-corrected chi connectivity index (χ2v) is 4.08. The van der Waals surface area contributed by atoms with Gasteiger partial charge in [-0.15, -0.1) is 0 Å². The Hall–Kier alpha value is -1.03. The van der Waals surface area contributed by atoms with Gasteiger partial charge < -0.3 is 16.4 Å². The predicted octanol–water partition coefficient (Wildman–Crippen LogP) is 0.742. The first-order valence-corrected chi connectivity index (χ1v) is 5.38. The van der Waals surface area contributed by atoms with Gasteiger partial charge >= 0.3 is 0 Å². The minimum atomic E-state index is -0.0437. The molecule has 0 aliphatic carbocycles. The quantitative estimate of drug-likeness (QED) is 0.520. The van der Waals surface area contributed by atoms with E-state index in [-0.39, 0.29) is 11.8 Å². The monoisotopic (exact) mass is 213 g/mol. The Morgan fingerprint density at radius 3 is 2.47 bits per heavy atom. The number of carbonyl (C=O) groups is 1. The summed E-state index contributed by atoms with van der Waals surface area (Å²) in [5.41, 5.74) is 5.36. The summed E-state index contributed by atoms with van der Waals surface area (Å²) in [4.78, 5) is 11.3. The second kappa shape index (κ2) is 7.29. The van der Waals surface area contributed by atoms with Crippen molar-refractivity contribution < 1.29 is 4.79 Å². The lowest BCUT2D eigenvalue weighted by Crippen LogP contribution is -2.40. The Balaban J connectivity index is 3.76. The summed E-state index contributed by atoms with van der Waals surface area (Å²) in [7, 11) is 0. The van der Waals surface area contributed by atoms with Crippen LogP contribution >= 0.6 is 0 Å². The van der Waals surface area contributed by atoms with Crippen LogP contribution in [0.5, 0.6) is 0 Å². The van der Waals surface area contributed by atoms with E-state index in [1.165, 1.54) is 0 Å². The van der Waals surface area contributed by atoms with Crippen molar-refractivity contribution in [1.82, 2.24) is 10.6 Å². The molecule has 0 saturated carbocycles. The maximum atomic E-state index is 11.3. The van der Waals surface area contributed by atoms with Crippen molar-refractivity contribution in [3.05, 3.63) is 12.4 Å². The number of nitrogens with two attached hydrogens (primary N) is 1. The van der Waals surface area contributed by atoms with Gasteiger partial charge in [-0.25, -0.2) is 0 Å². The van der Waals surface area contributed by atoms with Gasteiger partial charge in [0, 0.05) is 12.6 Å². The largest absolute Gasteiger partial charge is 0.386 e. The van der Waals surface area contributed by atoms with Crippen molar-refractivity contribution in [2.75, 3.05) is 6.54 Å². The minimum Gasteiger partial charge on any atom is -0.386 e. The van der Waals surface area contributed by atoms with E-state index >= 15 is 0 Å². The predicted molar refractivity (Wildman–Crippen MR) is 63.3 cm³/mol. The molecule has 4 heteroatoms. The SMILES string of the molecule is C=C(N)NCCCC(NC(C)C)C(C)=O. The van der Waals surface area contributed by atoms with Crippen LogP contribution in [0.15, 0.2) is 12.4 Å². The molecule has 0 radical (unpaired) electrons. The molecule has 4 nitrogen and oxygen atoms in total. The molecule has 15 heavy (non-hydrogen) atoms. The molecule has 0 amide bonds. The maximum Gasteiger partial charge on any atom is 0.146 e. The van der Waals surface area contributed by atoms with Crippen molar-refractivity contribution >= 4 is 5.78 Å². The Kier molecular flexibility index (Phi) is 6.79. The minimum absolute atomic E-state index is 0.0437. The Morgan fingerprint density at radius 1 is 1.47 bits per heavy atom. The Labute approximate surface area is 92.3 Å². The van der Waals surface area contributed by atoms with E-state index in [0.717, 1.165) is 19.4 Å². The first kappa shape index (κ1) is 14.0. The first-order chi connectivity index (χ1) is 6.93. The summed E-state index contributed by atoms with van der Waals surface area (Å²) in [6.07, 6.45) is 1.73. The van der Waals surface area contributed by atoms with E-state index in [9.17, 15) is 4.79 Å². The van der Waals surface area contributed by atoms with Gasteiger partial charge in [-0.2, -0.15) is 0 Å². The van der Waals surface area contributed by atoms with E-state index in [1.807, 2.05) is 13.8 Å². The third kappa shape index (κ3) is 8.00. The number of ketones is 1. The lowest BCUT2D eigenvalue weighted by atomic mass is 10.1. The average molecular weight is 213 g/mol. The van der Waals surface area contributed by atoms with Crippen LogP contribution in [0.1, 0.15) is 33.6 Å². The number of hydrogen-bond donors (Lipinski definition) is 3. The van der Waals surface area contributed by atoms with Crippen LogP contribution in [0.4, 0.5) is 0 Å². The van der Waals surface area contributed by atoms with E-state index in [4.69, 9.17) is 5.73 Å². The van der Waals surface area contributed by atoms with Crippen LogP contribution in [0.3, 0.4) is 0 Å². The molecule has 0 aromatic heterocycles. The normalized spacial score (nSPS) is 12.5. The van der Waals surface area contributed by atoms with Crippen LogP contribution in [-0.4, -0.2) is 24.4 Å². The molecule has 0 bridgehead atoms. The highest BCUT2D eigenvalue weighted by atomic mass is 16.1. The van der Waals surface area contributed by atoms with E-state index < -0.39 is 0 Å². The van der Waals surface area contributed by atoms with Gasteiger partial charge in [-0.1, -0.05) is 20.4 Å². The summed E-state index contributed by atoms with van der Waals surface area (Å²) < 4.78 is 0. The second-order valence-electron chi connectivity index (χ2n) is 4.08. The fraction of sp³-hybridized carbons (Fsp3) is 0.727. The molecule has 0 fully saturated rings. The third-order valence-electron chi connectivity index (χ3n) is 2.05. The summed E-state index contributed by atoms with van der Waals surface area (Å²) >= 11 is 0. The van der Waals surface area contributed by atoms with Gasteiger partial charge in [0.1, 0.15) is 5.78 Å². The van der Waals surface area contributed by atoms with Gasteiger partial charge in [0.2, 0.25) is 0 Å². The summed E-state index contributed by atoms with van der Waals surface area (Å²) in [5.74, 6) is 0.668. The fourth-order valence-electron chi connectivity index (χ4n) is 1.36. The molecule has 0 aliphatic rings. The number of Topliss-reactive ketones (excluding diaryl/α,β-unsaturated/α-hetero) is 1. The van der Waals surface area contributed by atoms with Gasteiger partial charge in [0.25, 0.3) is 0 Å². The zero-order valence-electron chi connectivity index (χ0n) is 9.97. The summed E-state index contributed by atoms with van der Waals surface area (Å²) in [5, 5.41) is 6.17. The number of nitrogens with one attached hydrogen (secondary N) is 2. The lowest BCUT2D eigenvalue weighted by Gasteiger charge is -2.18. The number of carbonyl (C=O) groups excluding carboxylic acids is 1. The highest BCUT2D eigenvalue weighted by molar-refractivity contribution is 5.81. The van der Waals surface area contributed by atoms with Crippen LogP contribution < -0.4 is 16.4 Å². The van der Waals surface area contributed by atoms with Crippen LogP contribution in [0.2, 0.25) is 0 Å². The Bertz CT molecular complexity index is 214. The molecule has 0 aliphatic heterocycles. The maximum absolute atomic E-state index is 11.3. The van der Waals surface area contributed by atoms with Crippen molar-refractivity contribution in [3.63, 3.8) is 0 Å². The standard InChI is InChI=1S/C11H23N3O/c1-8(2)14-11(9(3)15)6-5-7-13-10(4)12/h8,11,13-14H,4-7,12H2,1-3H3. The van der Waals surface area contributed by atoms with E-state index in [2.05, 4.69) is 17.2 Å². The van der Waals surface area contributed by atoms with E-state index in [1.54, 1.807) is 6.92 Å². The molecule has 0 aromatic rings. The first-order valence-electron chi connectivity index (χ1n) is 5.38. The molecule has 1 unspecified atom stereocenters. The van der Waals surface area contributed by atoms with Gasteiger partial charge in [-0.05, 0) is 19.8 Å². The van der Waals surface area contributed by atoms with E-state index in [0.29, 0.717) is 11.9 Å². The van der Waals surface area contributed by atoms with Gasteiger partial charge in [-0.3, -0.25) is 4.79 Å². The third-order valence-corrected chi connectivity index (χ3v) is 2.05. The molecule has 1 atom stereocenters. The molecule has 0 saturated heterocycles. The number of hydrogen-bond acceptors (Lipinski definition) is 4.